The molecule has 0 saturated heterocycles. The second-order valence-corrected chi connectivity index (χ2v) is 11.8. The molecule has 0 bridgehead atoms. The number of nitrogens with zero attached hydrogens (tertiary/aromatic N) is 2. The molecule has 0 saturated carbocycles. The van der Waals surface area contributed by atoms with E-state index in [1.165, 1.54) is 37.2 Å². The molecule has 2 aromatic carbocycles. The first-order chi connectivity index (χ1) is 20.0. The van der Waals surface area contributed by atoms with E-state index in [2.05, 4.69) is 20.9 Å². The first-order valence-corrected chi connectivity index (χ1v) is 15.1. The maximum Gasteiger partial charge on any atom is 0.341 e. The van der Waals surface area contributed by atoms with Crippen molar-refractivity contribution in [1.29, 1.82) is 0 Å². The van der Waals surface area contributed by atoms with E-state index in [9.17, 15) is 14.4 Å². The van der Waals surface area contributed by atoms with Gasteiger partial charge in [-0.05, 0) is 77.9 Å². The zero-order valence-electron chi connectivity index (χ0n) is 23.2. The average molecular weight is 773 g/mol. The molecule has 1 N–H and O–H groups in total. The molecule has 0 amide bonds. The molecule has 222 valence electrons. The summed E-state index contributed by atoms with van der Waals surface area (Å²) in [6.07, 6.45) is 1.68. The Morgan fingerprint density at radius 3 is 2.40 bits per heavy atom. The molecule has 2 heterocycles. The second-order valence-electron chi connectivity index (χ2n) is 8.75. The van der Waals surface area contributed by atoms with Crippen LogP contribution in [0.1, 0.15) is 31.0 Å². The van der Waals surface area contributed by atoms with Gasteiger partial charge in [0, 0.05) is 4.47 Å². The highest BCUT2D eigenvalue weighted by Crippen LogP contribution is 2.41. The van der Waals surface area contributed by atoms with Gasteiger partial charge in [0.15, 0.2) is 34.4 Å². The summed E-state index contributed by atoms with van der Waals surface area (Å²) in [6, 6.07) is 5.94. The van der Waals surface area contributed by atoms with Crippen molar-refractivity contribution in [3.8, 4) is 23.0 Å². The minimum atomic E-state index is -1.12. The Balaban J connectivity index is 1.94. The molecular formula is C28H26BrIN2O9S. The van der Waals surface area contributed by atoms with Crippen molar-refractivity contribution >= 4 is 67.9 Å². The predicted octanol–water partition coefficient (Wildman–Crippen LogP) is 3.65. The van der Waals surface area contributed by atoms with Gasteiger partial charge >= 0.3 is 11.9 Å². The van der Waals surface area contributed by atoms with Crippen molar-refractivity contribution < 1.29 is 38.4 Å². The molecule has 1 aliphatic rings. The van der Waals surface area contributed by atoms with Crippen molar-refractivity contribution in [3.63, 3.8) is 0 Å². The highest BCUT2D eigenvalue weighted by molar-refractivity contribution is 14.1. The lowest BCUT2D eigenvalue weighted by molar-refractivity contribution is -0.140. The number of benzene rings is 2. The molecule has 3 aromatic rings. The van der Waals surface area contributed by atoms with E-state index >= 15 is 0 Å². The molecular weight excluding hydrogens is 747 g/mol. The van der Waals surface area contributed by atoms with Gasteiger partial charge in [-0.1, -0.05) is 27.3 Å². The molecule has 0 spiro atoms. The third kappa shape index (κ3) is 6.20. The van der Waals surface area contributed by atoms with Gasteiger partial charge in [0.2, 0.25) is 0 Å². The van der Waals surface area contributed by atoms with Gasteiger partial charge < -0.3 is 28.8 Å². The number of halogens is 2. The lowest BCUT2D eigenvalue weighted by Crippen LogP contribution is -2.40. The van der Waals surface area contributed by atoms with Crippen LogP contribution in [0, 0.1) is 3.57 Å². The molecule has 0 unspecified atom stereocenters. The number of carbonyl (C=O) groups is 2. The van der Waals surface area contributed by atoms with E-state index in [4.69, 9.17) is 28.8 Å². The summed E-state index contributed by atoms with van der Waals surface area (Å²) in [5, 5.41) is 9.00. The number of carbonyl (C=O) groups excluding carboxylic acids is 1. The number of esters is 1. The minimum absolute atomic E-state index is 0.145. The number of carboxylic acids is 1. The standard InChI is InChI=1S/C28H26BrIN2O9S/c1-6-40-27(36)23-13(2)31-28-32(24(23)15-10-18(37-3)19(38-4)11-16(15)29)26(35)21(42-28)9-14-7-17(30)25(20(8-14)39-5)41-12-22(33)34/h7-11,24H,6,12H2,1-5H3,(H,33,34)/b21-9-/t24-/m0/s1. The van der Waals surface area contributed by atoms with Crippen LogP contribution in [-0.2, 0) is 14.3 Å². The van der Waals surface area contributed by atoms with Crippen LogP contribution in [0.15, 0.2) is 49.8 Å². The zero-order chi connectivity index (χ0) is 30.7. The number of aromatic nitrogens is 1. The molecule has 42 heavy (non-hydrogen) atoms. The zero-order valence-corrected chi connectivity index (χ0v) is 27.7. The number of hydrogen-bond acceptors (Lipinski definition) is 10. The van der Waals surface area contributed by atoms with Gasteiger partial charge in [-0.2, -0.15) is 0 Å². The van der Waals surface area contributed by atoms with E-state index in [1.54, 1.807) is 44.2 Å². The van der Waals surface area contributed by atoms with Gasteiger partial charge in [-0.25, -0.2) is 14.6 Å². The molecule has 1 aromatic heterocycles. The van der Waals surface area contributed by atoms with Crippen LogP contribution < -0.4 is 33.8 Å². The van der Waals surface area contributed by atoms with Crippen molar-refractivity contribution in [1.82, 2.24) is 4.57 Å². The summed E-state index contributed by atoms with van der Waals surface area (Å²) in [6.45, 7) is 3.02. The van der Waals surface area contributed by atoms with E-state index in [0.29, 0.717) is 51.4 Å². The van der Waals surface area contributed by atoms with Crippen LogP contribution in [0.25, 0.3) is 6.08 Å². The SMILES string of the molecule is CCOC(=O)C1=C(C)N=c2s/c(=C\c3cc(I)c(OCC(=O)O)c(OC)c3)c(=O)n2[C@H]1c1cc(OC)c(OC)cc1Br. The van der Waals surface area contributed by atoms with Gasteiger partial charge in [-0.15, -0.1) is 0 Å². The molecule has 0 aliphatic carbocycles. The molecule has 14 heteroatoms. The number of fused-ring (bicyclic) bond motifs is 1. The number of allylic oxidation sites excluding steroid dienone is 1. The maximum atomic E-state index is 14.0. The predicted molar refractivity (Wildman–Crippen MR) is 166 cm³/mol. The van der Waals surface area contributed by atoms with E-state index in [1.807, 2.05) is 22.6 Å². The number of carboxylic acid groups (broad SMARTS) is 1. The highest BCUT2D eigenvalue weighted by Gasteiger charge is 2.35. The van der Waals surface area contributed by atoms with Crippen molar-refractivity contribution in [2.45, 2.75) is 19.9 Å². The molecule has 0 radical (unpaired) electrons. The summed E-state index contributed by atoms with van der Waals surface area (Å²) in [5.41, 5.74) is 1.46. The van der Waals surface area contributed by atoms with Crippen LogP contribution in [-0.4, -0.2) is 56.2 Å². The largest absolute Gasteiger partial charge is 0.493 e. The number of ether oxygens (including phenoxy) is 5. The summed E-state index contributed by atoms with van der Waals surface area (Å²) in [4.78, 5) is 43.3. The third-order valence-corrected chi connectivity index (χ3v) is 8.67. The van der Waals surface area contributed by atoms with Gasteiger partial charge in [0.05, 0.1) is 53.4 Å². The van der Waals surface area contributed by atoms with E-state index in [0.717, 1.165) is 0 Å². The Labute approximate surface area is 266 Å². The summed E-state index contributed by atoms with van der Waals surface area (Å²) < 4.78 is 30.1. The fraction of sp³-hybridized carbons (Fsp3) is 0.286. The van der Waals surface area contributed by atoms with Crippen molar-refractivity contribution in [3.05, 3.63) is 74.4 Å². The topological polar surface area (TPSA) is 135 Å². The Morgan fingerprint density at radius 2 is 1.79 bits per heavy atom. The quantitative estimate of drug-likeness (QED) is 0.242. The van der Waals surface area contributed by atoms with Crippen LogP contribution in [0.4, 0.5) is 0 Å². The fourth-order valence-electron chi connectivity index (χ4n) is 4.41. The molecule has 0 fully saturated rings. The van der Waals surface area contributed by atoms with E-state index < -0.39 is 24.6 Å². The second kappa shape index (κ2) is 13.3. The fourth-order valence-corrected chi connectivity index (χ4v) is 6.78. The molecule has 4 rings (SSSR count). The molecule has 1 atom stereocenters. The van der Waals surface area contributed by atoms with Crippen molar-refractivity contribution in [2.24, 2.45) is 4.99 Å². The molecule has 1 aliphatic heterocycles. The number of aliphatic carboxylic acids is 1. The lowest BCUT2D eigenvalue weighted by atomic mass is 9.95. The number of thiazole rings is 1. The van der Waals surface area contributed by atoms with Gasteiger partial charge in [-0.3, -0.25) is 9.36 Å². The highest BCUT2D eigenvalue weighted by atomic mass is 127. The lowest BCUT2D eigenvalue weighted by Gasteiger charge is -2.26. The maximum absolute atomic E-state index is 14.0. The van der Waals surface area contributed by atoms with Crippen LogP contribution in [0.5, 0.6) is 23.0 Å². The smallest absolute Gasteiger partial charge is 0.341 e. The minimum Gasteiger partial charge on any atom is -0.493 e. The Hall–Kier alpha value is -3.37. The summed E-state index contributed by atoms with van der Waals surface area (Å²) in [7, 11) is 4.46. The average Bonchev–Trinajstić information content (AvgIpc) is 3.25. The summed E-state index contributed by atoms with van der Waals surface area (Å²) in [5.74, 6) is -0.218. The number of hydrogen-bond donors (Lipinski definition) is 1. The van der Waals surface area contributed by atoms with Crippen molar-refractivity contribution in [2.75, 3.05) is 34.5 Å². The third-order valence-electron chi connectivity index (χ3n) is 6.20. The summed E-state index contributed by atoms with van der Waals surface area (Å²) >= 11 is 6.77. The monoisotopic (exact) mass is 772 g/mol. The Morgan fingerprint density at radius 1 is 1.12 bits per heavy atom. The Kier molecular flexibility index (Phi) is 9.99. The molecule has 11 nitrogen and oxygen atoms in total. The van der Waals surface area contributed by atoms with Crippen LogP contribution >= 0.6 is 49.9 Å². The van der Waals surface area contributed by atoms with Crippen LogP contribution in [0.2, 0.25) is 0 Å². The van der Waals surface area contributed by atoms with E-state index in [-0.39, 0.29) is 23.5 Å². The first-order valence-electron chi connectivity index (χ1n) is 12.4. The normalized spacial score (nSPS) is 14.6. The van der Waals surface area contributed by atoms with Gasteiger partial charge in [0.25, 0.3) is 5.56 Å². The van der Waals surface area contributed by atoms with Crippen LogP contribution in [0.3, 0.4) is 0 Å². The number of rotatable bonds is 10. The van der Waals surface area contributed by atoms with Gasteiger partial charge in [0.1, 0.15) is 0 Å². The Bertz CT molecular complexity index is 1780. The first kappa shape index (κ1) is 31.6. The number of methoxy groups -OCH3 is 3.